The van der Waals surface area contributed by atoms with E-state index < -0.39 is 0 Å². The fourth-order valence-electron chi connectivity index (χ4n) is 2.73. The molecule has 1 aliphatic carbocycles. The number of hydrogen-bond acceptors (Lipinski definition) is 4. The molecule has 0 saturated heterocycles. The van der Waals surface area contributed by atoms with Crippen LogP contribution in [0.15, 0.2) is 12.5 Å². The Hall–Kier alpha value is -1.01. The molecule has 0 aliphatic heterocycles. The Morgan fingerprint density at radius 1 is 1.50 bits per heavy atom. The minimum Gasteiger partial charge on any atom is -0.349 e. The second kappa shape index (κ2) is 7.13. The number of thioether (sulfide) groups is 1. The maximum atomic E-state index is 12.1. The minimum atomic E-state index is -0.0835. The summed E-state index contributed by atoms with van der Waals surface area (Å²) in [5.74, 6) is -0.0835. The number of nitrogens with two attached hydrogens (primary N) is 1. The van der Waals surface area contributed by atoms with Crippen molar-refractivity contribution in [2.45, 2.75) is 43.4 Å². The summed E-state index contributed by atoms with van der Waals surface area (Å²) >= 11 is 1.89. The predicted molar refractivity (Wildman–Crippen MR) is 82.9 cm³/mol. The molecule has 1 aromatic heterocycles. The molecule has 6 heteroatoms. The highest BCUT2D eigenvalue weighted by Gasteiger charge is 2.31. The molecule has 0 bridgehead atoms. The topological polar surface area (TPSA) is 72.9 Å². The average Bonchev–Trinajstić information content (AvgIpc) is 2.95. The van der Waals surface area contributed by atoms with Crippen LogP contribution in [0.1, 0.15) is 42.6 Å². The van der Waals surface area contributed by atoms with Gasteiger partial charge in [0.2, 0.25) is 0 Å². The Morgan fingerprint density at radius 2 is 2.25 bits per heavy atom. The number of imidazole rings is 1. The van der Waals surface area contributed by atoms with Gasteiger partial charge in [0.05, 0.1) is 6.33 Å². The fraction of sp³-hybridized carbons (Fsp3) is 0.714. The quantitative estimate of drug-likeness (QED) is 0.837. The molecule has 0 atom stereocenters. The zero-order valence-corrected chi connectivity index (χ0v) is 12.9. The SMILES string of the molecule is CSC1(CNC(=O)c2cn(CCN)cn2)CCCCC1. The van der Waals surface area contributed by atoms with Crippen LogP contribution in [0.2, 0.25) is 0 Å². The van der Waals surface area contributed by atoms with Gasteiger partial charge >= 0.3 is 0 Å². The van der Waals surface area contributed by atoms with Crippen LogP contribution >= 0.6 is 11.8 Å². The van der Waals surface area contributed by atoms with Crippen molar-refractivity contribution in [3.63, 3.8) is 0 Å². The zero-order valence-electron chi connectivity index (χ0n) is 12.1. The Morgan fingerprint density at radius 3 is 2.90 bits per heavy atom. The first kappa shape index (κ1) is 15.4. The second-order valence-electron chi connectivity index (χ2n) is 5.42. The van der Waals surface area contributed by atoms with Crippen molar-refractivity contribution in [2.24, 2.45) is 5.73 Å². The van der Waals surface area contributed by atoms with Crippen molar-refractivity contribution in [1.29, 1.82) is 0 Å². The van der Waals surface area contributed by atoms with Crippen LogP contribution in [0.3, 0.4) is 0 Å². The van der Waals surface area contributed by atoms with Gasteiger partial charge in [-0.1, -0.05) is 19.3 Å². The molecule has 1 aromatic rings. The lowest BCUT2D eigenvalue weighted by Crippen LogP contribution is -2.41. The molecule has 0 unspecified atom stereocenters. The van der Waals surface area contributed by atoms with Crippen LogP contribution in [-0.4, -0.2) is 39.6 Å². The summed E-state index contributed by atoms with van der Waals surface area (Å²) in [6.07, 6.45) is 11.8. The number of amides is 1. The van der Waals surface area contributed by atoms with Gasteiger partial charge in [0.1, 0.15) is 5.69 Å². The van der Waals surface area contributed by atoms with E-state index >= 15 is 0 Å². The molecule has 0 radical (unpaired) electrons. The van der Waals surface area contributed by atoms with E-state index in [1.165, 1.54) is 32.1 Å². The summed E-state index contributed by atoms with van der Waals surface area (Å²) in [7, 11) is 0. The lowest BCUT2D eigenvalue weighted by molar-refractivity contribution is 0.0942. The summed E-state index contributed by atoms with van der Waals surface area (Å²) < 4.78 is 2.06. The van der Waals surface area contributed by atoms with E-state index in [4.69, 9.17) is 5.73 Å². The summed E-state index contributed by atoms with van der Waals surface area (Å²) in [5, 5.41) is 3.05. The molecule has 1 heterocycles. The standard InChI is InChI=1S/C14H24N4OS/c1-20-14(5-3-2-4-6-14)10-16-13(19)12-9-18(8-7-15)11-17-12/h9,11H,2-8,10,15H2,1H3,(H,16,19). The van der Waals surface area contributed by atoms with Gasteiger partial charge in [0.15, 0.2) is 0 Å². The van der Waals surface area contributed by atoms with Crippen LogP contribution < -0.4 is 11.1 Å². The number of carbonyl (C=O) groups excluding carboxylic acids is 1. The van der Waals surface area contributed by atoms with Crippen molar-refractivity contribution in [1.82, 2.24) is 14.9 Å². The number of carbonyl (C=O) groups is 1. The molecule has 1 amide bonds. The van der Waals surface area contributed by atoms with E-state index in [-0.39, 0.29) is 10.7 Å². The van der Waals surface area contributed by atoms with Crippen LogP contribution in [0.5, 0.6) is 0 Å². The number of hydrogen-bond donors (Lipinski definition) is 2. The predicted octanol–water partition coefficient (Wildman–Crippen LogP) is 1.64. The molecule has 2 rings (SSSR count). The lowest BCUT2D eigenvalue weighted by atomic mass is 9.88. The number of nitrogens with zero attached hydrogens (tertiary/aromatic N) is 2. The zero-order chi connectivity index (χ0) is 14.4. The van der Waals surface area contributed by atoms with Crippen molar-refractivity contribution in [3.05, 3.63) is 18.2 Å². The van der Waals surface area contributed by atoms with Gasteiger partial charge in [-0.15, -0.1) is 0 Å². The summed E-state index contributed by atoms with van der Waals surface area (Å²) in [6, 6.07) is 0. The van der Waals surface area contributed by atoms with Gasteiger partial charge in [0, 0.05) is 30.6 Å². The molecule has 1 saturated carbocycles. The monoisotopic (exact) mass is 296 g/mol. The van der Waals surface area contributed by atoms with Crippen molar-refractivity contribution < 1.29 is 4.79 Å². The van der Waals surface area contributed by atoms with Crippen molar-refractivity contribution in [2.75, 3.05) is 19.3 Å². The molecule has 0 aromatic carbocycles. The Bertz CT molecular complexity index is 440. The average molecular weight is 296 g/mol. The first-order valence-corrected chi connectivity index (χ1v) is 8.47. The van der Waals surface area contributed by atoms with Gasteiger partial charge in [-0.05, 0) is 19.1 Å². The number of aromatic nitrogens is 2. The van der Waals surface area contributed by atoms with E-state index in [1.807, 2.05) is 16.3 Å². The van der Waals surface area contributed by atoms with Crippen molar-refractivity contribution >= 4 is 17.7 Å². The molecular formula is C14H24N4OS. The van der Waals surface area contributed by atoms with Gasteiger partial charge in [0.25, 0.3) is 5.91 Å². The molecule has 3 N–H and O–H groups in total. The first-order chi connectivity index (χ1) is 9.69. The first-order valence-electron chi connectivity index (χ1n) is 7.24. The van der Waals surface area contributed by atoms with Gasteiger partial charge in [-0.3, -0.25) is 4.79 Å². The Balaban J connectivity index is 1.89. The Labute approximate surface area is 124 Å². The summed E-state index contributed by atoms with van der Waals surface area (Å²) in [5.41, 5.74) is 5.96. The highest BCUT2D eigenvalue weighted by atomic mass is 32.2. The maximum absolute atomic E-state index is 12.1. The third-order valence-electron chi connectivity index (χ3n) is 4.02. The molecule has 1 aliphatic rings. The molecule has 1 fully saturated rings. The van der Waals surface area contributed by atoms with Gasteiger partial charge < -0.3 is 15.6 Å². The van der Waals surface area contributed by atoms with E-state index in [1.54, 1.807) is 12.5 Å². The molecular weight excluding hydrogens is 272 g/mol. The minimum absolute atomic E-state index is 0.0835. The highest BCUT2D eigenvalue weighted by Crippen LogP contribution is 2.37. The normalized spacial score (nSPS) is 17.9. The highest BCUT2D eigenvalue weighted by molar-refractivity contribution is 8.00. The number of nitrogens with one attached hydrogen (secondary N) is 1. The summed E-state index contributed by atoms with van der Waals surface area (Å²) in [4.78, 5) is 16.3. The van der Waals surface area contributed by atoms with E-state index in [9.17, 15) is 4.79 Å². The molecule has 0 spiro atoms. The molecule has 112 valence electrons. The maximum Gasteiger partial charge on any atom is 0.271 e. The lowest BCUT2D eigenvalue weighted by Gasteiger charge is -2.35. The van der Waals surface area contributed by atoms with E-state index in [2.05, 4.69) is 16.6 Å². The van der Waals surface area contributed by atoms with Gasteiger partial charge in [-0.2, -0.15) is 11.8 Å². The number of rotatable bonds is 6. The molecule has 20 heavy (non-hydrogen) atoms. The fourth-order valence-corrected chi connectivity index (χ4v) is 3.64. The van der Waals surface area contributed by atoms with Crippen LogP contribution in [0.4, 0.5) is 0 Å². The second-order valence-corrected chi connectivity index (χ2v) is 6.69. The van der Waals surface area contributed by atoms with E-state index in [0.717, 1.165) is 6.54 Å². The van der Waals surface area contributed by atoms with Crippen LogP contribution in [0, 0.1) is 0 Å². The smallest absolute Gasteiger partial charge is 0.271 e. The third-order valence-corrected chi connectivity index (χ3v) is 5.44. The molecule has 5 nitrogen and oxygen atoms in total. The van der Waals surface area contributed by atoms with E-state index in [0.29, 0.717) is 18.8 Å². The summed E-state index contributed by atoms with van der Waals surface area (Å²) in [6.45, 7) is 1.97. The largest absolute Gasteiger partial charge is 0.349 e. The third kappa shape index (κ3) is 3.76. The Kier molecular flexibility index (Phi) is 5.48. The van der Waals surface area contributed by atoms with Crippen molar-refractivity contribution in [3.8, 4) is 0 Å². The van der Waals surface area contributed by atoms with Crippen LogP contribution in [0.25, 0.3) is 0 Å². The van der Waals surface area contributed by atoms with Gasteiger partial charge in [-0.25, -0.2) is 4.98 Å². The van der Waals surface area contributed by atoms with Crippen LogP contribution in [-0.2, 0) is 6.54 Å².